The second-order valence-corrected chi connectivity index (χ2v) is 5.22. The maximum atomic E-state index is 9.08. The minimum absolute atomic E-state index is 0.431. The van der Waals surface area contributed by atoms with Crippen LogP contribution in [0.25, 0.3) is 0 Å². The highest BCUT2D eigenvalue weighted by atomic mass is 16.5. The zero-order valence-electron chi connectivity index (χ0n) is 11.1. The van der Waals surface area contributed by atoms with Crippen LogP contribution in [0, 0.1) is 0 Å². The highest BCUT2D eigenvalue weighted by Gasteiger charge is 2.23. The van der Waals surface area contributed by atoms with Crippen LogP contribution in [0.5, 0.6) is 0 Å². The molecule has 1 saturated heterocycles. The minimum Gasteiger partial charge on any atom is -0.411 e. The van der Waals surface area contributed by atoms with E-state index in [1.54, 1.807) is 0 Å². The predicted molar refractivity (Wildman–Crippen MR) is 75.2 cm³/mol. The Labute approximate surface area is 113 Å². The molecule has 1 N–H and O–H groups in total. The number of benzene rings is 1. The van der Waals surface area contributed by atoms with Crippen LogP contribution in [0.3, 0.4) is 0 Å². The first-order valence-electron chi connectivity index (χ1n) is 7.05. The van der Waals surface area contributed by atoms with Crippen molar-refractivity contribution in [3.05, 3.63) is 29.8 Å². The summed E-state index contributed by atoms with van der Waals surface area (Å²) < 4.78 is 5.68. The molecule has 3 rings (SSSR count). The van der Waals surface area contributed by atoms with E-state index >= 15 is 0 Å². The summed E-state index contributed by atoms with van der Waals surface area (Å²) in [7, 11) is 0. The first-order valence-corrected chi connectivity index (χ1v) is 7.05. The van der Waals surface area contributed by atoms with Gasteiger partial charge in [0.05, 0.1) is 11.8 Å². The van der Waals surface area contributed by atoms with E-state index in [2.05, 4.69) is 16.1 Å². The molecule has 0 spiro atoms. The zero-order chi connectivity index (χ0) is 13.1. The highest BCUT2D eigenvalue weighted by molar-refractivity contribution is 6.06. The van der Waals surface area contributed by atoms with Gasteiger partial charge in [-0.25, -0.2) is 0 Å². The summed E-state index contributed by atoms with van der Waals surface area (Å²) in [4.78, 5) is 2.38. The van der Waals surface area contributed by atoms with Crippen LogP contribution in [0.15, 0.2) is 29.4 Å². The molecule has 1 aromatic carbocycles. The van der Waals surface area contributed by atoms with Gasteiger partial charge in [0.25, 0.3) is 0 Å². The number of rotatable bonds is 3. The number of hydrogen-bond acceptors (Lipinski definition) is 4. The maximum absolute atomic E-state index is 9.08. The van der Waals surface area contributed by atoms with E-state index in [9.17, 15) is 0 Å². The average Bonchev–Trinajstić information content (AvgIpc) is 2.98. The van der Waals surface area contributed by atoms with Crippen molar-refractivity contribution in [2.75, 3.05) is 24.6 Å². The Morgan fingerprint density at radius 1 is 1.37 bits per heavy atom. The zero-order valence-corrected chi connectivity index (χ0v) is 11.1. The summed E-state index contributed by atoms with van der Waals surface area (Å²) in [6.45, 7) is 2.85. The molecule has 0 radical (unpaired) electrons. The third-order valence-corrected chi connectivity index (χ3v) is 4.04. The van der Waals surface area contributed by atoms with E-state index in [0.717, 1.165) is 43.8 Å². The van der Waals surface area contributed by atoms with Crippen LogP contribution in [0.4, 0.5) is 5.69 Å². The number of ether oxygens (including phenoxy) is 1. The molecule has 4 heteroatoms. The second kappa shape index (κ2) is 5.61. The lowest BCUT2D eigenvalue weighted by Gasteiger charge is -2.32. The first kappa shape index (κ1) is 12.5. The summed E-state index contributed by atoms with van der Waals surface area (Å²) in [6.07, 6.45) is 4.71. The van der Waals surface area contributed by atoms with Crippen LogP contribution in [-0.4, -0.2) is 36.7 Å². The Hall–Kier alpha value is -1.55. The average molecular weight is 260 g/mol. The van der Waals surface area contributed by atoms with E-state index in [1.807, 2.05) is 18.2 Å². The van der Waals surface area contributed by atoms with Crippen LogP contribution < -0.4 is 4.90 Å². The van der Waals surface area contributed by atoms with E-state index in [0.29, 0.717) is 6.10 Å². The molecular weight excluding hydrogens is 240 g/mol. The molecule has 2 heterocycles. The number of oxime groups is 1. The molecule has 0 aliphatic carbocycles. The van der Waals surface area contributed by atoms with E-state index in [4.69, 9.17) is 9.94 Å². The maximum Gasteiger partial charge on any atom is 0.0906 e. The Balaban J connectivity index is 1.72. The summed E-state index contributed by atoms with van der Waals surface area (Å²) in [5.41, 5.74) is 3.03. The standard InChI is InChI=1S/C15H20N2O2/c18-16-14-8-10-17(9-7-12-4-3-11-19-12)15-6-2-1-5-13(14)15/h1-2,5-6,12,18H,3-4,7-11H2. The fourth-order valence-electron chi connectivity index (χ4n) is 3.00. The Kier molecular flexibility index (Phi) is 3.69. The molecule has 1 unspecified atom stereocenters. The van der Waals surface area contributed by atoms with Crippen molar-refractivity contribution < 1.29 is 9.94 Å². The lowest BCUT2D eigenvalue weighted by Crippen LogP contribution is -2.34. The molecule has 0 bridgehead atoms. The van der Waals surface area contributed by atoms with Gasteiger partial charge in [-0.05, 0) is 25.3 Å². The number of hydrogen-bond donors (Lipinski definition) is 1. The van der Waals surface area contributed by atoms with Crippen molar-refractivity contribution in [1.82, 2.24) is 0 Å². The van der Waals surface area contributed by atoms with Gasteiger partial charge in [0.1, 0.15) is 0 Å². The van der Waals surface area contributed by atoms with Crippen molar-refractivity contribution >= 4 is 11.4 Å². The smallest absolute Gasteiger partial charge is 0.0906 e. The van der Waals surface area contributed by atoms with Crippen molar-refractivity contribution in [2.45, 2.75) is 31.8 Å². The van der Waals surface area contributed by atoms with Crippen LogP contribution in [-0.2, 0) is 4.74 Å². The lowest BCUT2D eigenvalue weighted by molar-refractivity contribution is 0.105. The molecule has 19 heavy (non-hydrogen) atoms. The monoisotopic (exact) mass is 260 g/mol. The fourth-order valence-corrected chi connectivity index (χ4v) is 3.00. The molecule has 1 aromatic rings. The molecule has 2 aliphatic rings. The molecule has 1 fully saturated rings. The molecule has 2 aliphatic heterocycles. The predicted octanol–water partition coefficient (Wildman–Crippen LogP) is 2.64. The van der Waals surface area contributed by atoms with E-state index in [1.165, 1.54) is 18.5 Å². The molecular formula is C15H20N2O2. The van der Waals surface area contributed by atoms with E-state index < -0.39 is 0 Å². The van der Waals surface area contributed by atoms with Crippen molar-refractivity contribution in [3.63, 3.8) is 0 Å². The van der Waals surface area contributed by atoms with Crippen molar-refractivity contribution in [3.8, 4) is 0 Å². The quantitative estimate of drug-likeness (QED) is 0.671. The molecule has 1 atom stereocenters. The number of para-hydroxylation sites is 1. The van der Waals surface area contributed by atoms with Gasteiger partial charge in [-0.2, -0.15) is 0 Å². The molecule has 102 valence electrons. The van der Waals surface area contributed by atoms with Gasteiger partial charge < -0.3 is 14.8 Å². The molecule has 0 aromatic heterocycles. The number of anilines is 1. The Bertz CT molecular complexity index is 467. The van der Waals surface area contributed by atoms with Crippen molar-refractivity contribution in [2.24, 2.45) is 5.16 Å². The van der Waals surface area contributed by atoms with Crippen LogP contribution >= 0.6 is 0 Å². The van der Waals surface area contributed by atoms with Gasteiger partial charge in [0.2, 0.25) is 0 Å². The van der Waals surface area contributed by atoms with Gasteiger partial charge in [-0.15, -0.1) is 0 Å². The van der Waals surface area contributed by atoms with E-state index in [-0.39, 0.29) is 0 Å². The summed E-state index contributed by atoms with van der Waals surface area (Å²) in [6, 6.07) is 8.17. The molecule has 0 saturated carbocycles. The first-order chi connectivity index (χ1) is 9.38. The number of fused-ring (bicyclic) bond motifs is 1. The summed E-state index contributed by atoms with van der Waals surface area (Å²) in [5, 5.41) is 12.5. The van der Waals surface area contributed by atoms with Gasteiger partial charge in [0, 0.05) is 37.4 Å². The Morgan fingerprint density at radius 3 is 3.05 bits per heavy atom. The van der Waals surface area contributed by atoms with Gasteiger partial charge >= 0.3 is 0 Å². The van der Waals surface area contributed by atoms with Gasteiger partial charge in [-0.1, -0.05) is 23.4 Å². The van der Waals surface area contributed by atoms with Gasteiger partial charge in [0.15, 0.2) is 0 Å². The third kappa shape index (κ3) is 2.59. The summed E-state index contributed by atoms with van der Waals surface area (Å²) >= 11 is 0. The topological polar surface area (TPSA) is 45.1 Å². The lowest BCUT2D eigenvalue weighted by atomic mass is 9.99. The van der Waals surface area contributed by atoms with Crippen LogP contribution in [0.2, 0.25) is 0 Å². The second-order valence-electron chi connectivity index (χ2n) is 5.22. The number of nitrogens with zero attached hydrogens (tertiary/aromatic N) is 2. The molecule has 0 amide bonds. The minimum atomic E-state index is 0.431. The summed E-state index contributed by atoms with van der Waals surface area (Å²) in [5.74, 6) is 0. The Morgan fingerprint density at radius 2 is 2.26 bits per heavy atom. The fraction of sp³-hybridized carbons (Fsp3) is 0.533. The largest absolute Gasteiger partial charge is 0.411 e. The van der Waals surface area contributed by atoms with Gasteiger partial charge in [-0.3, -0.25) is 0 Å². The van der Waals surface area contributed by atoms with Crippen molar-refractivity contribution in [1.29, 1.82) is 0 Å². The van der Waals surface area contributed by atoms with Crippen LogP contribution in [0.1, 0.15) is 31.2 Å². The third-order valence-electron chi connectivity index (χ3n) is 4.04. The highest BCUT2D eigenvalue weighted by Crippen LogP contribution is 2.28. The normalized spacial score (nSPS) is 24.7. The SMILES string of the molecule is ON=C1CCN(CCC2CCCO2)c2ccccc21. The molecule has 4 nitrogen and oxygen atoms in total.